The van der Waals surface area contributed by atoms with E-state index in [1.165, 1.54) is 12.8 Å². The van der Waals surface area contributed by atoms with Gasteiger partial charge in [-0.05, 0) is 29.6 Å². The summed E-state index contributed by atoms with van der Waals surface area (Å²) in [5.74, 6) is 2.25. The van der Waals surface area contributed by atoms with E-state index in [-0.39, 0.29) is 0 Å². The number of amidine groups is 1. The van der Waals surface area contributed by atoms with Gasteiger partial charge >= 0.3 is 0 Å². The molecule has 0 spiro atoms. The van der Waals surface area contributed by atoms with Crippen LogP contribution in [-0.4, -0.2) is 12.4 Å². The van der Waals surface area contributed by atoms with Crippen molar-refractivity contribution in [2.24, 2.45) is 33.4 Å². The third-order valence-electron chi connectivity index (χ3n) is 4.77. The number of nitrogens with zero attached hydrogens (tertiary/aromatic N) is 1. The van der Waals surface area contributed by atoms with Gasteiger partial charge < -0.3 is 5.73 Å². The summed E-state index contributed by atoms with van der Waals surface area (Å²) in [5, 5.41) is 0. The first kappa shape index (κ1) is 10.0. The Morgan fingerprint density at radius 1 is 1.21 bits per heavy atom. The Morgan fingerprint density at radius 2 is 1.71 bits per heavy atom. The van der Waals surface area contributed by atoms with Crippen LogP contribution < -0.4 is 5.73 Å². The van der Waals surface area contributed by atoms with Gasteiger partial charge in [0.25, 0.3) is 0 Å². The van der Waals surface area contributed by atoms with Gasteiger partial charge in [0.2, 0.25) is 0 Å². The Hall–Kier alpha value is -0.530. The minimum Gasteiger partial charge on any atom is -0.387 e. The van der Waals surface area contributed by atoms with Crippen molar-refractivity contribution in [2.75, 3.05) is 6.54 Å². The third-order valence-corrected chi connectivity index (χ3v) is 4.77. The molecule has 0 amide bonds. The van der Waals surface area contributed by atoms with Crippen LogP contribution in [0.4, 0.5) is 0 Å². The maximum Gasteiger partial charge on any atom is 0.0968 e. The van der Waals surface area contributed by atoms with E-state index in [9.17, 15) is 0 Å². The number of rotatable bonds is 3. The molecule has 2 N–H and O–H groups in total. The summed E-state index contributed by atoms with van der Waals surface area (Å²) in [7, 11) is 0. The summed E-state index contributed by atoms with van der Waals surface area (Å²) in [6.45, 7) is 10.3. The largest absolute Gasteiger partial charge is 0.387 e. The summed E-state index contributed by atoms with van der Waals surface area (Å²) >= 11 is 0. The normalized spacial score (nSPS) is 30.4. The van der Waals surface area contributed by atoms with Crippen molar-refractivity contribution < 1.29 is 0 Å². The van der Waals surface area contributed by atoms with Crippen LogP contribution in [0.3, 0.4) is 0 Å². The molecule has 2 saturated carbocycles. The van der Waals surface area contributed by atoms with Crippen molar-refractivity contribution in [1.29, 1.82) is 0 Å². The topological polar surface area (TPSA) is 38.4 Å². The second kappa shape index (κ2) is 2.74. The summed E-state index contributed by atoms with van der Waals surface area (Å²) in [4.78, 5) is 4.53. The van der Waals surface area contributed by atoms with Gasteiger partial charge in [-0.3, -0.25) is 4.99 Å². The Labute approximate surface area is 87.0 Å². The lowest BCUT2D eigenvalue weighted by Crippen LogP contribution is -2.15. The number of aliphatic imine (C=N–C) groups is 1. The quantitative estimate of drug-likeness (QED) is 0.544. The van der Waals surface area contributed by atoms with Crippen molar-refractivity contribution >= 4 is 5.84 Å². The number of hydrogen-bond donors (Lipinski definition) is 1. The first-order valence-electron chi connectivity index (χ1n) is 5.67. The smallest absolute Gasteiger partial charge is 0.0968 e. The van der Waals surface area contributed by atoms with Gasteiger partial charge in [-0.15, -0.1) is 0 Å². The molecule has 0 radical (unpaired) electrons. The standard InChI is InChI=1S/C12H22N2/c1-11(2)9(12(11,3)4)7-14-10(13)8-5-6-8/h8-9H,5-7H2,1-4H3,(H2,13,14). The maximum absolute atomic E-state index is 5.88. The highest BCUT2D eigenvalue weighted by Gasteiger charge is 2.64. The van der Waals surface area contributed by atoms with Crippen molar-refractivity contribution in [3.05, 3.63) is 0 Å². The van der Waals surface area contributed by atoms with Gasteiger partial charge in [0.1, 0.15) is 0 Å². The first-order chi connectivity index (χ1) is 6.37. The Morgan fingerprint density at radius 3 is 2.07 bits per heavy atom. The Bertz CT molecular complexity index is 258. The molecule has 0 atom stereocenters. The number of nitrogens with two attached hydrogens (primary N) is 1. The SMILES string of the molecule is CC1(C)C(CN=C(N)C2CC2)C1(C)C. The molecule has 2 aliphatic carbocycles. The van der Waals surface area contributed by atoms with Gasteiger partial charge in [-0.2, -0.15) is 0 Å². The molecule has 0 heterocycles. The van der Waals surface area contributed by atoms with Gasteiger partial charge in [0, 0.05) is 12.5 Å². The fraction of sp³-hybridized carbons (Fsp3) is 0.917. The van der Waals surface area contributed by atoms with Gasteiger partial charge in [-0.25, -0.2) is 0 Å². The molecule has 0 unspecified atom stereocenters. The first-order valence-corrected chi connectivity index (χ1v) is 5.67. The van der Waals surface area contributed by atoms with Gasteiger partial charge in [0.15, 0.2) is 0 Å². The maximum atomic E-state index is 5.88. The fourth-order valence-corrected chi connectivity index (χ4v) is 2.49. The van der Waals surface area contributed by atoms with Crippen LogP contribution in [0.1, 0.15) is 40.5 Å². The molecule has 14 heavy (non-hydrogen) atoms. The molecule has 0 aliphatic heterocycles. The van der Waals surface area contributed by atoms with Gasteiger partial charge in [-0.1, -0.05) is 27.7 Å². The van der Waals surface area contributed by atoms with Crippen molar-refractivity contribution in [2.45, 2.75) is 40.5 Å². The van der Waals surface area contributed by atoms with Gasteiger partial charge in [0.05, 0.1) is 5.84 Å². The molecular weight excluding hydrogens is 172 g/mol. The van der Waals surface area contributed by atoms with Crippen LogP contribution in [0.2, 0.25) is 0 Å². The molecule has 2 aliphatic rings. The van der Waals surface area contributed by atoms with Crippen molar-refractivity contribution in [3.63, 3.8) is 0 Å². The van der Waals surface area contributed by atoms with E-state index in [1.54, 1.807) is 0 Å². The minimum absolute atomic E-state index is 0.445. The summed E-state index contributed by atoms with van der Waals surface area (Å²) in [6.07, 6.45) is 2.51. The Kier molecular flexibility index (Phi) is 1.96. The molecule has 0 aromatic carbocycles. The van der Waals surface area contributed by atoms with E-state index >= 15 is 0 Å². The molecule has 0 aromatic heterocycles. The molecule has 0 bridgehead atoms. The lowest BCUT2D eigenvalue weighted by Gasteiger charge is -2.04. The van der Waals surface area contributed by atoms with Crippen LogP contribution in [0, 0.1) is 22.7 Å². The summed E-state index contributed by atoms with van der Waals surface area (Å²) in [6, 6.07) is 0. The van der Waals surface area contributed by atoms with E-state index in [2.05, 4.69) is 32.7 Å². The van der Waals surface area contributed by atoms with Crippen molar-refractivity contribution in [1.82, 2.24) is 0 Å². The molecule has 0 aromatic rings. The van der Waals surface area contributed by atoms with E-state index in [1.807, 2.05) is 0 Å². The highest BCUT2D eigenvalue weighted by molar-refractivity contribution is 5.84. The van der Waals surface area contributed by atoms with Crippen LogP contribution in [0.5, 0.6) is 0 Å². The number of hydrogen-bond acceptors (Lipinski definition) is 1. The molecular formula is C12H22N2. The Balaban J connectivity index is 1.91. The minimum atomic E-state index is 0.445. The van der Waals surface area contributed by atoms with Crippen LogP contribution >= 0.6 is 0 Å². The summed E-state index contributed by atoms with van der Waals surface area (Å²) < 4.78 is 0. The highest BCUT2D eigenvalue weighted by atomic mass is 14.9. The monoisotopic (exact) mass is 194 g/mol. The molecule has 2 fully saturated rings. The zero-order valence-electron chi connectivity index (χ0n) is 9.80. The van der Waals surface area contributed by atoms with Crippen LogP contribution in [0.25, 0.3) is 0 Å². The van der Waals surface area contributed by atoms with Crippen LogP contribution in [0.15, 0.2) is 4.99 Å². The zero-order valence-corrected chi connectivity index (χ0v) is 9.80. The second-order valence-corrected chi connectivity index (χ2v) is 6.04. The third kappa shape index (κ3) is 1.35. The fourth-order valence-electron chi connectivity index (χ4n) is 2.49. The predicted molar refractivity (Wildman–Crippen MR) is 60.3 cm³/mol. The highest BCUT2D eigenvalue weighted by Crippen LogP contribution is 2.68. The second-order valence-electron chi connectivity index (χ2n) is 6.04. The van der Waals surface area contributed by atoms with E-state index in [4.69, 9.17) is 5.73 Å². The molecule has 80 valence electrons. The molecule has 2 nitrogen and oxygen atoms in total. The van der Waals surface area contributed by atoms with E-state index < -0.39 is 0 Å². The van der Waals surface area contributed by atoms with Crippen LogP contribution in [-0.2, 0) is 0 Å². The van der Waals surface area contributed by atoms with E-state index in [0.29, 0.717) is 22.7 Å². The molecule has 0 saturated heterocycles. The van der Waals surface area contributed by atoms with Crippen molar-refractivity contribution in [3.8, 4) is 0 Å². The molecule has 2 rings (SSSR count). The summed E-state index contributed by atoms with van der Waals surface area (Å²) in [5.41, 5.74) is 6.77. The molecule has 2 heteroatoms. The average molecular weight is 194 g/mol. The zero-order chi connectivity index (χ0) is 10.6. The van der Waals surface area contributed by atoms with E-state index in [0.717, 1.165) is 12.4 Å². The average Bonchev–Trinajstić information content (AvgIpc) is 2.90. The predicted octanol–water partition coefficient (Wildman–Crippen LogP) is 2.44. The lowest BCUT2D eigenvalue weighted by atomic mass is 10.0. The lowest BCUT2D eigenvalue weighted by molar-refractivity contribution is 0.457.